The van der Waals surface area contributed by atoms with Gasteiger partial charge in [0.2, 0.25) is 5.91 Å². The maximum atomic E-state index is 11.6. The number of carbonyl (C=O) groups excluding carboxylic acids is 2. The minimum atomic E-state index is -0.405. The SMILES string of the molecule is CC(C)CNC(=O)CN(C)Cc1cc(C(=O)NN)co1. The summed E-state index contributed by atoms with van der Waals surface area (Å²) in [5.41, 5.74) is 2.39. The van der Waals surface area contributed by atoms with Crippen molar-refractivity contribution in [2.24, 2.45) is 11.8 Å². The molecule has 112 valence electrons. The average Bonchev–Trinajstić information content (AvgIpc) is 2.83. The maximum Gasteiger partial charge on any atom is 0.268 e. The van der Waals surface area contributed by atoms with Crippen molar-refractivity contribution in [3.05, 3.63) is 23.7 Å². The Hall–Kier alpha value is -1.86. The molecular weight excluding hydrogens is 260 g/mol. The summed E-state index contributed by atoms with van der Waals surface area (Å²) >= 11 is 0. The highest BCUT2D eigenvalue weighted by molar-refractivity contribution is 5.93. The van der Waals surface area contributed by atoms with Crippen LogP contribution in [-0.4, -0.2) is 36.9 Å². The van der Waals surface area contributed by atoms with Crippen LogP contribution in [0.2, 0.25) is 0 Å². The van der Waals surface area contributed by atoms with Crippen molar-refractivity contribution in [3.8, 4) is 0 Å². The Balaban J connectivity index is 2.42. The molecule has 7 heteroatoms. The van der Waals surface area contributed by atoms with Crippen LogP contribution >= 0.6 is 0 Å². The second kappa shape index (κ2) is 7.66. The van der Waals surface area contributed by atoms with Crippen LogP contribution in [0.3, 0.4) is 0 Å². The number of nitrogens with zero attached hydrogens (tertiary/aromatic N) is 1. The van der Waals surface area contributed by atoms with E-state index in [1.54, 1.807) is 18.0 Å². The largest absolute Gasteiger partial charge is 0.467 e. The third kappa shape index (κ3) is 5.41. The molecule has 0 fully saturated rings. The van der Waals surface area contributed by atoms with Crippen molar-refractivity contribution in [1.29, 1.82) is 0 Å². The Morgan fingerprint density at radius 1 is 1.45 bits per heavy atom. The van der Waals surface area contributed by atoms with Gasteiger partial charge < -0.3 is 9.73 Å². The summed E-state index contributed by atoms with van der Waals surface area (Å²) in [6.07, 6.45) is 1.34. The number of hydrazine groups is 1. The molecule has 1 aromatic rings. The second-order valence-corrected chi connectivity index (χ2v) is 5.15. The fraction of sp³-hybridized carbons (Fsp3) is 0.538. The molecule has 4 N–H and O–H groups in total. The van der Waals surface area contributed by atoms with Gasteiger partial charge in [0, 0.05) is 6.54 Å². The van der Waals surface area contributed by atoms with Crippen LogP contribution in [0.4, 0.5) is 0 Å². The van der Waals surface area contributed by atoms with Crippen LogP contribution in [0.15, 0.2) is 16.7 Å². The number of furan rings is 1. The van der Waals surface area contributed by atoms with Gasteiger partial charge in [0.1, 0.15) is 12.0 Å². The Morgan fingerprint density at radius 3 is 2.75 bits per heavy atom. The van der Waals surface area contributed by atoms with Gasteiger partial charge in [-0.1, -0.05) is 13.8 Å². The van der Waals surface area contributed by atoms with Gasteiger partial charge in [-0.25, -0.2) is 5.84 Å². The Labute approximate surface area is 118 Å². The Morgan fingerprint density at radius 2 is 2.15 bits per heavy atom. The van der Waals surface area contributed by atoms with E-state index in [0.29, 0.717) is 30.3 Å². The van der Waals surface area contributed by atoms with Gasteiger partial charge in [0.15, 0.2) is 0 Å². The summed E-state index contributed by atoms with van der Waals surface area (Å²) in [6.45, 7) is 5.45. The number of nitrogen functional groups attached to an aromatic ring is 1. The minimum Gasteiger partial charge on any atom is -0.467 e. The molecule has 2 amide bonds. The van der Waals surface area contributed by atoms with Gasteiger partial charge >= 0.3 is 0 Å². The van der Waals surface area contributed by atoms with E-state index in [4.69, 9.17) is 10.3 Å². The third-order valence-corrected chi connectivity index (χ3v) is 2.59. The number of amides is 2. The van der Waals surface area contributed by atoms with Crippen molar-refractivity contribution in [3.63, 3.8) is 0 Å². The number of hydrogen-bond donors (Lipinski definition) is 3. The molecule has 0 spiro atoms. The predicted octanol–water partition coefficient (Wildman–Crippen LogP) is 0.0871. The summed E-state index contributed by atoms with van der Waals surface area (Å²) < 4.78 is 5.25. The molecule has 0 aliphatic carbocycles. The average molecular weight is 282 g/mol. The van der Waals surface area contributed by atoms with Crippen LogP contribution < -0.4 is 16.6 Å². The van der Waals surface area contributed by atoms with E-state index in [2.05, 4.69) is 5.32 Å². The lowest BCUT2D eigenvalue weighted by molar-refractivity contribution is -0.122. The zero-order valence-electron chi connectivity index (χ0n) is 12.1. The number of nitrogens with two attached hydrogens (primary N) is 1. The highest BCUT2D eigenvalue weighted by atomic mass is 16.3. The molecule has 0 radical (unpaired) electrons. The lowest BCUT2D eigenvalue weighted by Crippen LogP contribution is -2.36. The number of carbonyl (C=O) groups is 2. The summed E-state index contributed by atoms with van der Waals surface area (Å²) in [7, 11) is 1.81. The lowest BCUT2D eigenvalue weighted by atomic mass is 10.2. The van der Waals surface area contributed by atoms with Crippen molar-refractivity contribution in [2.75, 3.05) is 20.1 Å². The van der Waals surface area contributed by atoms with Gasteiger partial charge in [0.25, 0.3) is 5.91 Å². The Bertz CT molecular complexity index is 456. The molecule has 0 aromatic carbocycles. The highest BCUT2D eigenvalue weighted by Crippen LogP contribution is 2.09. The third-order valence-electron chi connectivity index (χ3n) is 2.59. The van der Waals surface area contributed by atoms with Crippen LogP contribution in [0.1, 0.15) is 30.0 Å². The van der Waals surface area contributed by atoms with Gasteiger partial charge in [-0.3, -0.25) is 19.9 Å². The first-order chi connectivity index (χ1) is 9.42. The zero-order valence-corrected chi connectivity index (χ0v) is 12.1. The van der Waals surface area contributed by atoms with E-state index in [1.807, 2.05) is 19.3 Å². The molecule has 1 rings (SSSR count). The maximum absolute atomic E-state index is 11.6. The molecule has 0 saturated carbocycles. The molecule has 1 heterocycles. The van der Waals surface area contributed by atoms with Gasteiger partial charge in [-0.15, -0.1) is 0 Å². The van der Waals surface area contributed by atoms with Gasteiger partial charge in [-0.05, 0) is 19.0 Å². The number of likely N-dealkylation sites (N-methyl/N-ethyl adjacent to an activating group) is 1. The van der Waals surface area contributed by atoms with Crippen LogP contribution in [0, 0.1) is 5.92 Å². The quantitative estimate of drug-likeness (QED) is 0.374. The van der Waals surface area contributed by atoms with E-state index in [0.717, 1.165) is 0 Å². The fourth-order valence-electron chi connectivity index (χ4n) is 1.61. The first-order valence-electron chi connectivity index (χ1n) is 6.46. The first kappa shape index (κ1) is 16.2. The molecule has 0 saturated heterocycles. The minimum absolute atomic E-state index is 0.0346. The highest BCUT2D eigenvalue weighted by Gasteiger charge is 2.12. The van der Waals surface area contributed by atoms with Crippen LogP contribution in [-0.2, 0) is 11.3 Å². The van der Waals surface area contributed by atoms with Gasteiger partial charge in [-0.2, -0.15) is 0 Å². The Kier molecular flexibility index (Phi) is 6.20. The van der Waals surface area contributed by atoms with E-state index < -0.39 is 5.91 Å². The van der Waals surface area contributed by atoms with Crippen molar-refractivity contribution >= 4 is 11.8 Å². The normalized spacial score (nSPS) is 10.9. The molecular formula is C13H22N4O3. The molecule has 0 aliphatic rings. The number of rotatable bonds is 7. The molecule has 0 bridgehead atoms. The van der Waals surface area contributed by atoms with E-state index in [1.165, 1.54) is 6.26 Å². The summed E-state index contributed by atoms with van der Waals surface area (Å²) in [4.78, 5) is 24.7. The van der Waals surface area contributed by atoms with E-state index in [9.17, 15) is 9.59 Å². The van der Waals surface area contributed by atoms with Gasteiger partial charge in [0.05, 0.1) is 18.7 Å². The summed E-state index contributed by atoms with van der Waals surface area (Å²) in [5, 5.41) is 2.84. The number of hydrogen-bond acceptors (Lipinski definition) is 5. The molecule has 1 aromatic heterocycles. The summed E-state index contributed by atoms with van der Waals surface area (Å²) in [5.74, 6) is 5.62. The van der Waals surface area contributed by atoms with E-state index >= 15 is 0 Å². The monoisotopic (exact) mass is 282 g/mol. The van der Waals surface area contributed by atoms with Crippen molar-refractivity contribution < 1.29 is 14.0 Å². The summed E-state index contributed by atoms with van der Waals surface area (Å²) in [6, 6.07) is 1.60. The fourth-order valence-corrected chi connectivity index (χ4v) is 1.61. The molecule has 7 nitrogen and oxygen atoms in total. The predicted molar refractivity (Wildman–Crippen MR) is 74.5 cm³/mol. The van der Waals surface area contributed by atoms with Crippen molar-refractivity contribution in [2.45, 2.75) is 20.4 Å². The zero-order chi connectivity index (χ0) is 15.1. The molecule has 0 atom stereocenters. The second-order valence-electron chi connectivity index (χ2n) is 5.15. The standard InChI is InChI=1S/C13H22N4O3/c1-9(2)5-15-12(18)7-17(3)6-11-4-10(8-20-11)13(19)16-14/h4,8-9H,5-7,14H2,1-3H3,(H,15,18)(H,16,19). The lowest BCUT2D eigenvalue weighted by Gasteiger charge is -2.15. The smallest absolute Gasteiger partial charge is 0.268 e. The topological polar surface area (TPSA) is 101 Å². The number of nitrogens with one attached hydrogen (secondary N) is 2. The van der Waals surface area contributed by atoms with Crippen molar-refractivity contribution in [1.82, 2.24) is 15.6 Å². The van der Waals surface area contributed by atoms with Crippen LogP contribution in [0.5, 0.6) is 0 Å². The molecule has 0 aliphatic heterocycles. The van der Waals surface area contributed by atoms with Crippen LogP contribution in [0.25, 0.3) is 0 Å². The molecule has 0 unspecified atom stereocenters. The first-order valence-corrected chi connectivity index (χ1v) is 6.46. The molecule has 20 heavy (non-hydrogen) atoms. The van der Waals surface area contributed by atoms with E-state index in [-0.39, 0.29) is 12.5 Å².